The highest BCUT2D eigenvalue weighted by Crippen LogP contribution is 2.42. The summed E-state index contributed by atoms with van der Waals surface area (Å²) >= 11 is 0. The Morgan fingerprint density at radius 2 is 1.73 bits per heavy atom. The van der Waals surface area contributed by atoms with E-state index in [4.69, 9.17) is 0 Å². The van der Waals surface area contributed by atoms with Crippen LogP contribution in [0.2, 0.25) is 0 Å². The van der Waals surface area contributed by atoms with Gasteiger partial charge in [0.05, 0.1) is 11.5 Å². The van der Waals surface area contributed by atoms with Crippen LogP contribution in [0.3, 0.4) is 0 Å². The normalized spacial score (nSPS) is 26.7. The number of carboxylic acids is 1. The summed E-state index contributed by atoms with van der Waals surface area (Å²) in [4.78, 5) is 23.8. The van der Waals surface area contributed by atoms with Gasteiger partial charge in [0.15, 0.2) is 0 Å². The van der Waals surface area contributed by atoms with Crippen LogP contribution in [-0.2, 0) is 15.1 Å². The minimum Gasteiger partial charge on any atom is -0.481 e. The van der Waals surface area contributed by atoms with Crippen LogP contribution in [-0.4, -0.2) is 17.0 Å². The molecule has 1 aromatic rings. The number of carbonyl (C=O) groups is 2. The highest BCUT2D eigenvalue weighted by atomic mass is 16.4. The van der Waals surface area contributed by atoms with Gasteiger partial charge in [-0.15, -0.1) is 0 Å². The van der Waals surface area contributed by atoms with Crippen molar-refractivity contribution in [2.45, 2.75) is 50.5 Å². The van der Waals surface area contributed by atoms with E-state index in [1.54, 1.807) is 0 Å². The molecule has 2 fully saturated rings. The number of carbonyl (C=O) groups excluding carboxylic acids is 1. The first-order chi connectivity index (χ1) is 10.6. The molecule has 0 spiro atoms. The third-order valence-corrected chi connectivity index (χ3v) is 5.29. The van der Waals surface area contributed by atoms with Gasteiger partial charge in [0.25, 0.3) is 0 Å². The SMILES string of the molecule is O=C(O)C1CCCC(C(=O)NC2(c3ccccc3)CCC2)C1. The number of hydrogen-bond donors (Lipinski definition) is 2. The Balaban J connectivity index is 1.69. The van der Waals surface area contributed by atoms with E-state index in [1.165, 1.54) is 5.56 Å². The highest BCUT2D eigenvalue weighted by Gasteiger charge is 2.42. The average molecular weight is 301 g/mol. The second kappa shape index (κ2) is 6.11. The fraction of sp³-hybridized carbons (Fsp3) is 0.556. The number of amides is 1. The van der Waals surface area contributed by atoms with Gasteiger partial charge in [0, 0.05) is 5.92 Å². The van der Waals surface area contributed by atoms with E-state index in [0.29, 0.717) is 12.8 Å². The second-order valence-corrected chi connectivity index (χ2v) is 6.69. The molecule has 0 bridgehead atoms. The Morgan fingerprint density at radius 1 is 1.05 bits per heavy atom. The number of benzene rings is 1. The number of rotatable bonds is 4. The van der Waals surface area contributed by atoms with Crippen molar-refractivity contribution < 1.29 is 14.7 Å². The van der Waals surface area contributed by atoms with E-state index < -0.39 is 5.97 Å². The molecule has 2 unspecified atom stereocenters. The molecule has 0 aliphatic heterocycles. The summed E-state index contributed by atoms with van der Waals surface area (Å²) < 4.78 is 0. The van der Waals surface area contributed by atoms with Gasteiger partial charge in [-0.1, -0.05) is 36.8 Å². The first kappa shape index (κ1) is 15.1. The molecule has 0 saturated heterocycles. The largest absolute Gasteiger partial charge is 0.481 e. The lowest BCUT2D eigenvalue weighted by molar-refractivity contribution is -0.144. The number of aliphatic carboxylic acids is 1. The molecule has 2 saturated carbocycles. The molecule has 0 heterocycles. The number of nitrogens with one attached hydrogen (secondary N) is 1. The molecule has 1 aromatic carbocycles. The number of hydrogen-bond acceptors (Lipinski definition) is 2. The molecule has 4 heteroatoms. The van der Waals surface area contributed by atoms with Crippen molar-refractivity contribution in [3.63, 3.8) is 0 Å². The molecule has 2 aliphatic rings. The molecule has 2 aliphatic carbocycles. The Hall–Kier alpha value is -1.84. The molecule has 2 N–H and O–H groups in total. The maximum Gasteiger partial charge on any atom is 0.306 e. The van der Waals surface area contributed by atoms with Crippen molar-refractivity contribution in [2.24, 2.45) is 11.8 Å². The highest BCUT2D eigenvalue weighted by molar-refractivity contribution is 5.81. The molecule has 1 amide bonds. The lowest BCUT2D eigenvalue weighted by Gasteiger charge is -2.44. The summed E-state index contributed by atoms with van der Waals surface area (Å²) in [5.74, 6) is -1.25. The molecule has 118 valence electrons. The summed E-state index contributed by atoms with van der Waals surface area (Å²) in [5.41, 5.74) is 0.939. The third-order valence-electron chi connectivity index (χ3n) is 5.29. The van der Waals surface area contributed by atoms with Gasteiger partial charge in [-0.25, -0.2) is 0 Å². The molecule has 2 atom stereocenters. The molecule has 22 heavy (non-hydrogen) atoms. The summed E-state index contributed by atoms with van der Waals surface area (Å²) in [6, 6.07) is 10.1. The molecular formula is C18H23NO3. The van der Waals surface area contributed by atoms with Crippen LogP contribution in [0.4, 0.5) is 0 Å². The van der Waals surface area contributed by atoms with Crippen LogP contribution in [0.1, 0.15) is 50.5 Å². The quantitative estimate of drug-likeness (QED) is 0.898. The Labute approximate surface area is 130 Å². The first-order valence-corrected chi connectivity index (χ1v) is 8.21. The topological polar surface area (TPSA) is 66.4 Å². The summed E-state index contributed by atoms with van der Waals surface area (Å²) in [5, 5.41) is 12.4. The minimum absolute atomic E-state index is 0.0366. The lowest BCUT2D eigenvalue weighted by atomic mass is 9.71. The van der Waals surface area contributed by atoms with E-state index in [1.807, 2.05) is 18.2 Å². The molecule has 0 aromatic heterocycles. The van der Waals surface area contributed by atoms with Crippen LogP contribution >= 0.6 is 0 Å². The predicted molar refractivity (Wildman–Crippen MR) is 83.2 cm³/mol. The average Bonchev–Trinajstić information content (AvgIpc) is 2.51. The van der Waals surface area contributed by atoms with Gasteiger partial charge in [-0.2, -0.15) is 0 Å². The molecule has 3 rings (SSSR count). The van der Waals surface area contributed by atoms with Crippen molar-refractivity contribution >= 4 is 11.9 Å². The van der Waals surface area contributed by atoms with Gasteiger partial charge in [-0.05, 0) is 44.1 Å². The maximum absolute atomic E-state index is 12.6. The van der Waals surface area contributed by atoms with Crippen LogP contribution in [0, 0.1) is 11.8 Å². The van der Waals surface area contributed by atoms with Crippen molar-refractivity contribution in [1.82, 2.24) is 5.32 Å². The van der Waals surface area contributed by atoms with Gasteiger partial charge in [0.1, 0.15) is 0 Å². The molecular weight excluding hydrogens is 278 g/mol. The van der Waals surface area contributed by atoms with Gasteiger partial charge < -0.3 is 10.4 Å². The van der Waals surface area contributed by atoms with E-state index in [2.05, 4.69) is 17.4 Å². The third kappa shape index (κ3) is 2.87. The van der Waals surface area contributed by atoms with Gasteiger partial charge in [0.2, 0.25) is 5.91 Å². The van der Waals surface area contributed by atoms with Crippen molar-refractivity contribution in [3.8, 4) is 0 Å². The Kier molecular flexibility index (Phi) is 4.19. The van der Waals surface area contributed by atoms with E-state index in [0.717, 1.165) is 32.1 Å². The summed E-state index contributed by atoms with van der Waals surface area (Å²) in [7, 11) is 0. The number of carboxylic acid groups (broad SMARTS) is 1. The summed E-state index contributed by atoms with van der Waals surface area (Å²) in [6.07, 6.45) is 5.87. The van der Waals surface area contributed by atoms with Crippen molar-refractivity contribution in [3.05, 3.63) is 35.9 Å². The van der Waals surface area contributed by atoms with Crippen LogP contribution in [0.15, 0.2) is 30.3 Å². The maximum atomic E-state index is 12.6. The Morgan fingerprint density at radius 3 is 2.32 bits per heavy atom. The first-order valence-electron chi connectivity index (χ1n) is 8.21. The van der Waals surface area contributed by atoms with Gasteiger partial charge >= 0.3 is 5.97 Å². The van der Waals surface area contributed by atoms with Crippen LogP contribution in [0.5, 0.6) is 0 Å². The summed E-state index contributed by atoms with van der Waals surface area (Å²) in [6.45, 7) is 0. The van der Waals surface area contributed by atoms with Crippen LogP contribution in [0.25, 0.3) is 0 Å². The van der Waals surface area contributed by atoms with E-state index in [-0.39, 0.29) is 23.3 Å². The zero-order valence-corrected chi connectivity index (χ0v) is 12.8. The van der Waals surface area contributed by atoms with Crippen molar-refractivity contribution in [2.75, 3.05) is 0 Å². The predicted octanol–water partition coefficient (Wildman–Crippen LogP) is 3.07. The van der Waals surface area contributed by atoms with E-state index >= 15 is 0 Å². The lowest BCUT2D eigenvalue weighted by Crippen LogP contribution is -2.53. The van der Waals surface area contributed by atoms with Gasteiger partial charge in [-0.3, -0.25) is 9.59 Å². The zero-order chi connectivity index (χ0) is 15.6. The minimum atomic E-state index is -0.765. The monoisotopic (exact) mass is 301 g/mol. The van der Waals surface area contributed by atoms with E-state index in [9.17, 15) is 14.7 Å². The molecule has 4 nitrogen and oxygen atoms in total. The van der Waals surface area contributed by atoms with Crippen LogP contribution < -0.4 is 5.32 Å². The fourth-order valence-electron chi connectivity index (χ4n) is 3.76. The second-order valence-electron chi connectivity index (χ2n) is 6.69. The fourth-order valence-corrected chi connectivity index (χ4v) is 3.76. The smallest absolute Gasteiger partial charge is 0.306 e. The van der Waals surface area contributed by atoms with Crippen molar-refractivity contribution in [1.29, 1.82) is 0 Å². The zero-order valence-electron chi connectivity index (χ0n) is 12.8. The Bertz CT molecular complexity index is 551. The molecule has 0 radical (unpaired) electrons. The standard InChI is InChI=1S/C18H23NO3/c20-16(13-6-4-7-14(12-13)17(21)22)19-18(10-5-11-18)15-8-2-1-3-9-15/h1-3,8-9,13-14H,4-7,10-12H2,(H,19,20)(H,21,22).